The third-order valence-corrected chi connectivity index (χ3v) is 5.68. The van der Waals surface area contributed by atoms with E-state index < -0.39 is 0 Å². The van der Waals surface area contributed by atoms with Gasteiger partial charge in [0.05, 0.1) is 5.69 Å². The number of nitrogens with zero attached hydrogens (tertiary/aromatic N) is 3. The minimum atomic E-state index is -0.0805. The van der Waals surface area contributed by atoms with E-state index in [0.29, 0.717) is 11.2 Å². The highest BCUT2D eigenvalue weighted by Gasteiger charge is 2.23. The first-order chi connectivity index (χ1) is 12.0. The molecule has 0 radical (unpaired) electrons. The number of aromatic nitrogens is 1. The van der Waals surface area contributed by atoms with Gasteiger partial charge in [-0.3, -0.25) is 14.6 Å². The summed E-state index contributed by atoms with van der Waals surface area (Å²) in [7, 11) is 0. The maximum absolute atomic E-state index is 11.1. The molecule has 0 spiro atoms. The van der Waals surface area contributed by atoms with Gasteiger partial charge in [0, 0.05) is 56.1 Å². The lowest BCUT2D eigenvalue weighted by atomic mass is 10.1. The smallest absolute Gasteiger partial charge is 0.223 e. The summed E-state index contributed by atoms with van der Waals surface area (Å²) in [6.07, 6.45) is 0. The van der Waals surface area contributed by atoms with Gasteiger partial charge in [-0.15, -0.1) is 11.3 Å². The van der Waals surface area contributed by atoms with E-state index in [-0.39, 0.29) is 5.91 Å². The van der Waals surface area contributed by atoms with E-state index in [2.05, 4.69) is 33.1 Å². The zero-order valence-corrected chi connectivity index (χ0v) is 16.1. The van der Waals surface area contributed by atoms with Crippen LogP contribution in [0.5, 0.6) is 0 Å². The van der Waals surface area contributed by atoms with Crippen LogP contribution in [0.25, 0.3) is 0 Å². The summed E-state index contributed by atoms with van der Waals surface area (Å²) in [5, 5.41) is 6.27. The molecule has 25 heavy (non-hydrogen) atoms. The van der Waals surface area contributed by atoms with Crippen molar-refractivity contribution in [3.05, 3.63) is 45.9 Å². The van der Waals surface area contributed by atoms with Crippen LogP contribution in [-0.4, -0.2) is 46.9 Å². The van der Waals surface area contributed by atoms with Crippen molar-refractivity contribution in [2.24, 2.45) is 0 Å². The highest BCUT2D eigenvalue weighted by atomic mass is 35.5. The largest absolute Gasteiger partial charge is 0.302 e. The molecule has 1 unspecified atom stereocenters. The average molecular weight is 379 g/mol. The van der Waals surface area contributed by atoms with E-state index >= 15 is 0 Å². The molecule has 0 aliphatic carbocycles. The third kappa shape index (κ3) is 4.79. The minimum absolute atomic E-state index is 0.0805. The van der Waals surface area contributed by atoms with Crippen molar-refractivity contribution in [1.29, 1.82) is 0 Å². The number of carbonyl (C=O) groups is 1. The Bertz CT molecular complexity index is 727. The highest BCUT2D eigenvalue weighted by Crippen LogP contribution is 2.28. The number of benzene rings is 1. The van der Waals surface area contributed by atoms with Crippen LogP contribution < -0.4 is 5.32 Å². The van der Waals surface area contributed by atoms with Crippen LogP contribution in [0.4, 0.5) is 5.13 Å². The predicted octanol–water partition coefficient (Wildman–Crippen LogP) is 3.63. The third-order valence-electron chi connectivity index (χ3n) is 4.53. The molecule has 2 aromatic rings. The van der Waals surface area contributed by atoms with Crippen LogP contribution in [-0.2, 0) is 11.3 Å². The number of carbonyl (C=O) groups excluding carboxylic acids is 1. The van der Waals surface area contributed by atoms with E-state index in [1.54, 1.807) is 0 Å². The molecule has 1 aromatic carbocycles. The number of piperazine rings is 1. The van der Waals surface area contributed by atoms with Crippen molar-refractivity contribution in [3.63, 3.8) is 0 Å². The maximum Gasteiger partial charge on any atom is 0.223 e. The summed E-state index contributed by atoms with van der Waals surface area (Å²) in [5.41, 5.74) is 2.21. The number of thiazole rings is 1. The van der Waals surface area contributed by atoms with Gasteiger partial charge in [0.2, 0.25) is 5.91 Å². The molecule has 1 N–H and O–H groups in total. The van der Waals surface area contributed by atoms with Crippen LogP contribution in [0.15, 0.2) is 29.6 Å². The molecule has 0 saturated carbocycles. The first-order valence-electron chi connectivity index (χ1n) is 8.46. The lowest BCUT2D eigenvalue weighted by molar-refractivity contribution is -0.114. The average Bonchev–Trinajstić information content (AvgIpc) is 3.01. The number of hydrogen-bond donors (Lipinski definition) is 1. The Hall–Kier alpha value is -1.47. The van der Waals surface area contributed by atoms with E-state index in [9.17, 15) is 4.79 Å². The van der Waals surface area contributed by atoms with Crippen LogP contribution in [0.2, 0.25) is 5.02 Å². The second-order valence-electron chi connectivity index (χ2n) is 6.33. The number of rotatable bonds is 5. The Morgan fingerprint density at radius 2 is 2.04 bits per heavy atom. The molecule has 7 heteroatoms. The molecule has 1 amide bonds. The fourth-order valence-electron chi connectivity index (χ4n) is 3.14. The Morgan fingerprint density at radius 1 is 1.32 bits per heavy atom. The molecule has 1 fully saturated rings. The molecule has 5 nitrogen and oxygen atoms in total. The molecule has 3 rings (SSSR count). The van der Waals surface area contributed by atoms with E-state index in [0.717, 1.165) is 43.4 Å². The fraction of sp³-hybridized carbons (Fsp3) is 0.444. The zero-order valence-electron chi connectivity index (χ0n) is 14.5. The highest BCUT2D eigenvalue weighted by molar-refractivity contribution is 7.13. The summed E-state index contributed by atoms with van der Waals surface area (Å²) in [6, 6.07) is 8.40. The topological polar surface area (TPSA) is 48.5 Å². The van der Waals surface area contributed by atoms with Gasteiger partial charge in [-0.25, -0.2) is 4.98 Å². The summed E-state index contributed by atoms with van der Waals surface area (Å²) in [5.74, 6) is -0.0805. The SMILES string of the molecule is CC(=O)Nc1nc(CN2CCN(C(C)c3ccccc3Cl)CC2)cs1. The van der Waals surface area contributed by atoms with Gasteiger partial charge in [0.15, 0.2) is 5.13 Å². The molecule has 134 valence electrons. The lowest BCUT2D eigenvalue weighted by Gasteiger charge is -2.38. The van der Waals surface area contributed by atoms with Crippen molar-refractivity contribution in [3.8, 4) is 0 Å². The van der Waals surface area contributed by atoms with Crippen molar-refractivity contribution >= 4 is 34.0 Å². The molecular formula is C18H23ClN4OS. The summed E-state index contributed by atoms with van der Waals surface area (Å²) < 4.78 is 0. The molecule has 1 aliphatic heterocycles. The molecular weight excluding hydrogens is 356 g/mol. The van der Waals surface area contributed by atoms with Gasteiger partial charge in [0.25, 0.3) is 0 Å². The minimum Gasteiger partial charge on any atom is -0.302 e. The monoisotopic (exact) mass is 378 g/mol. The molecule has 0 bridgehead atoms. The second kappa shape index (κ2) is 8.27. The quantitative estimate of drug-likeness (QED) is 0.863. The Morgan fingerprint density at radius 3 is 2.72 bits per heavy atom. The Labute approximate surface area is 157 Å². The first-order valence-corrected chi connectivity index (χ1v) is 9.71. The summed E-state index contributed by atoms with van der Waals surface area (Å²) in [6.45, 7) is 8.57. The van der Waals surface area contributed by atoms with Crippen molar-refractivity contribution in [1.82, 2.24) is 14.8 Å². The first kappa shape index (κ1) is 18.3. The van der Waals surface area contributed by atoms with Crippen molar-refractivity contribution in [2.45, 2.75) is 26.4 Å². The number of nitrogens with one attached hydrogen (secondary N) is 1. The van der Waals surface area contributed by atoms with Gasteiger partial charge in [-0.05, 0) is 18.6 Å². The van der Waals surface area contributed by atoms with Gasteiger partial charge < -0.3 is 5.32 Å². The number of amides is 1. The van der Waals surface area contributed by atoms with Crippen molar-refractivity contribution < 1.29 is 4.79 Å². The summed E-state index contributed by atoms with van der Waals surface area (Å²) >= 11 is 7.81. The van der Waals surface area contributed by atoms with Gasteiger partial charge in [-0.1, -0.05) is 29.8 Å². The maximum atomic E-state index is 11.1. The van der Waals surface area contributed by atoms with E-state index in [1.165, 1.54) is 23.8 Å². The Kier molecular flexibility index (Phi) is 6.06. The van der Waals surface area contributed by atoms with E-state index in [4.69, 9.17) is 11.6 Å². The van der Waals surface area contributed by atoms with Crippen molar-refractivity contribution in [2.75, 3.05) is 31.5 Å². The molecule has 2 heterocycles. The number of halogens is 1. The van der Waals surface area contributed by atoms with Crippen LogP contribution in [0.1, 0.15) is 31.1 Å². The van der Waals surface area contributed by atoms with E-state index in [1.807, 2.05) is 23.6 Å². The molecule has 1 aliphatic rings. The van der Waals surface area contributed by atoms with Crippen LogP contribution in [0.3, 0.4) is 0 Å². The lowest BCUT2D eigenvalue weighted by Crippen LogP contribution is -2.46. The summed E-state index contributed by atoms with van der Waals surface area (Å²) in [4.78, 5) is 20.4. The fourth-order valence-corrected chi connectivity index (χ4v) is 4.18. The molecule has 1 atom stereocenters. The number of hydrogen-bond acceptors (Lipinski definition) is 5. The van der Waals surface area contributed by atoms with Crippen LogP contribution in [0, 0.1) is 0 Å². The van der Waals surface area contributed by atoms with Gasteiger partial charge in [0.1, 0.15) is 0 Å². The second-order valence-corrected chi connectivity index (χ2v) is 7.60. The zero-order chi connectivity index (χ0) is 17.8. The number of anilines is 1. The molecule has 1 saturated heterocycles. The van der Waals surface area contributed by atoms with Gasteiger partial charge in [-0.2, -0.15) is 0 Å². The molecule has 1 aromatic heterocycles. The Balaban J connectivity index is 1.52. The van der Waals surface area contributed by atoms with Gasteiger partial charge >= 0.3 is 0 Å². The predicted molar refractivity (Wildman–Crippen MR) is 103 cm³/mol. The van der Waals surface area contributed by atoms with Crippen LogP contribution >= 0.6 is 22.9 Å². The normalized spacial score (nSPS) is 17.4. The standard InChI is InChI=1S/C18H23ClN4OS/c1-13(16-5-3-4-6-17(16)19)23-9-7-22(8-10-23)11-15-12-25-18(21-15)20-14(2)24/h3-6,12-13H,7-11H2,1-2H3,(H,20,21,24).